The Kier molecular flexibility index (Phi) is 4.72. The fourth-order valence-electron chi connectivity index (χ4n) is 3.38. The van der Waals surface area contributed by atoms with Crippen molar-refractivity contribution in [2.45, 2.75) is 42.9 Å². The lowest BCUT2D eigenvalue weighted by Gasteiger charge is -2.24. The third-order valence-electron chi connectivity index (χ3n) is 4.92. The molecule has 0 bridgehead atoms. The number of likely N-dealkylation sites (tertiary alicyclic amines) is 1. The first-order chi connectivity index (χ1) is 12.7. The molecule has 1 aliphatic heterocycles. The van der Waals surface area contributed by atoms with Gasteiger partial charge in [-0.1, -0.05) is 11.8 Å². The first kappa shape index (κ1) is 17.1. The van der Waals surface area contributed by atoms with Gasteiger partial charge in [0.25, 0.3) is 5.91 Å². The Morgan fingerprint density at radius 2 is 1.96 bits per heavy atom. The Labute approximate surface area is 157 Å². The highest BCUT2D eigenvalue weighted by Gasteiger charge is 2.36. The molecule has 6 nitrogen and oxygen atoms in total. The largest absolute Gasteiger partial charge is 0.352 e. The van der Waals surface area contributed by atoms with E-state index in [1.54, 1.807) is 22.9 Å². The van der Waals surface area contributed by atoms with E-state index >= 15 is 0 Å². The molecule has 2 amide bonds. The number of carbonyl (C=O) groups is 2. The minimum absolute atomic E-state index is 0.00185. The molecule has 1 aromatic carbocycles. The Balaban J connectivity index is 1.49. The lowest BCUT2D eigenvalue weighted by atomic mass is 10.1. The molecule has 1 aliphatic carbocycles. The maximum Gasteiger partial charge on any atom is 0.254 e. The molecule has 136 valence electrons. The summed E-state index contributed by atoms with van der Waals surface area (Å²) < 4.78 is 1.99. The third-order valence-corrected chi connectivity index (χ3v) is 5.59. The first-order valence-electron chi connectivity index (χ1n) is 8.96. The molecular formula is C19H22N4O2S. The van der Waals surface area contributed by atoms with Gasteiger partial charge in [0, 0.05) is 36.2 Å². The number of amides is 2. The van der Waals surface area contributed by atoms with E-state index in [9.17, 15) is 9.59 Å². The van der Waals surface area contributed by atoms with Gasteiger partial charge in [-0.15, -0.1) is 0 Å². The smallest absolute Gasteiger partial charge is 0.254 e. The number of nitrogens with zero attached hydrogens (tertiary/aromatic N) is 3. The number of hydrogen-bond acceptors (Lipinski definition) is 4. The van der Waals surface area contributed by atoms with Crippen LogP contribution in [0.4, 0.5) is 0 Å². The summed E-state index contributed by atoms with van der Waals surface area (Å²) in [7, 11) is 0. The molecule has 0 radical (unpaired) electrons. The lowest BCUT2D eigenvalue weighted by molar-refractivity contribution is -0.125. The zero-order valence-corrected chi connectivity index (χ0v) is 15.5. The van der Waals surface area contributed by atoms with Crippen LogP contribution in [0.1, 0.15) is 36.0 Å². The highest BCUT2D eigenvalue weighted by molar-refractivity contribution is 7.98. The number of nitrogens with one attached hydrogen (secondary N) is 1. The summed E-state index contributed by atoms with van der Waals surface area (Å²) in [6, 6.07) is 7.49. The predicted octanol–water partition coefficient (Wildman–Crippen LogP) is 2.48. The van der Waals surface area contributed by atoms with Crippen molar-refractivity contribution in [1.29, 1.82) is 0 Å². The lowest BCUT2D eigenvalue weighted by Crippen LogP contribution is -2.46. The number of imidazole rings is 1. The van der Waals surface area contributed by atoms with Crippen LogP contribution in [-0.2, 0) is 4.79 Å². The van der Waals surface area contributed by atoms with Gasteiger partial charge in [-0.2, -0.15) is 0 Å². The normalized spacial score (nSPS) is 19.6. The van der Waals surface area contributed by atoms with E-state index in [1.165, 1.54) is 0 Å². The quantitative estimate of drug-likeness (QED) is 0.821. The molecule has 1 atom stereocenters. The van der Waals surface area contributed by atoms with Crippen LogP contribution >= 0.6 is 11.8 Å². The Morgan fingerprint density at radius 3 is 2.65 bits per heavy atom. The van der Waals surface area contributed by atoms with Crippen LogP contribution in [0.5, 0.6) is 0 Å². The van der Waals surface area contributed by atoms with Gasteiger partial charge in [-0.25, -0.2) is 4.98 Å². The number of aromatic nitrogens is 2. The van der Waals surface area contributed by atoms with Gasteiger partial charge in [0.1, 0.15) is 6.04 Å². The molecule has 1 aromatic heterocycles. The summed E-state index contributed by atoms with van der Waals surface area (Å²) in [5, 5.41) is 3.93. The monoisotopic (exact) mass is 370 g/mol. The summed E-state index contributed by atoms with van der Waals surface area (Å²) >= 11 is 1.57. The third kappa shape index (κ3) is 3.35. The molecule has 2 aromatic rings. The highest BCUT2D eigenvalue weighted by Crippen LogP contribution is 2.24. The van der Waals surface area contributed by atoms with Gasteiger partial charge in [-0.05, 0) is 56.2 Å². The van der Waals surface area contributed by atoms with E-state index in [0.717, 1.165) is 36.5 Å². The molecule has 1 saturated carbocycles. The van der Waals surface area contributed by atoms with Crippen LogP contribution in [0, 0.1) is 0 Å². The van der Waals surface area contributed by atoms with Crippen LogP contribution in [-0.4, -0.2) is 51.1 Å². The standard InChI is InChI=1S/C19H22N4O2S/c1-26-19-20-10-12-22(19)15-8-4-13(5-9-15)18(25)23-11-2-3-16(23)17(24)21-14-6-7-14/h4-5,8-10,12,14,16H,2-3,6-7,11H2,1H3,(H,21,24). The summed E-state index contributed by atoms with van der Waals surface area (Å²) in [4.78, 5) is 31.3. The van der Waals surface area contributed by atoms with Gasteiger partial charge in [0.15, 0.2) is 5.16 Å². The molecule has 1 N–H and O–H groups in total. The molecular weight excluding hydrogens is 348 g/mol. The number of thioether (sulfide) groups is 1. The SMILES string of the molecule is CSc1nccn1-c1ccc(C(=O)N2CCCC2C(=O)NC2CC2)cc1. The van der Waals surface area contributed by atoms with Crippen molar-refractivity contribution >= 4 is 23.6 Å². The van der Waals surface area contributed by atoms with Crippen molar-refractivity contribution in [3.05, 3.63) is 42.2 Å². The van der Waals surface area contributed by atoms with Crippen LogP contribution in [0.25, 0.3) is 5.69 Å². The molecule has 2 heterocycles. The van der Waals surface area contributed by atoms with Crippen molar-refractivity contribution in [2.75, 3.05) is 12.8 Å². The van der Waals surface area contributed by atoms with Crippen LogP contribution < -0.4 is 5.32 Å². The second-order valence-electron chi connectivity index (χ2n) is 6.77. The van der Waals surface area contributed by atoms with Crippen molar-refractivity contribution in [3.63, 3.8) is 0 Å². The fraction of sp³-hybridized carbons (Fsp3) is 0.421. The summed E-state index contributed by atoms with van der Waals surface area (Å²) in [6.45, 7) is 0.640. The van der Waals surface area contributed by atoms with E-state index in [4.69, 9.17) is 0 Å². The number of rotatable bonds is 5. The number of carbonyl (C=O) groups excluding carboxylic acids is 2. The maximum absolute atomic E-state index is 12.9. The van der Waals surface area contributed by atoms with Crippen molar-refractivity contribution < 1.29 is 9.59 Å². The highest BCUT2D eigenvalue weighted by atomic mass is 32.2. The summed E-state index contributed by atoms with van der Waals surface area (Å²) in [5.74, 6) is -0.0706. The van der Waals surface area contributed by atoms with E-state index in [1.807, 2.05) is 41.3 Å². The van der Waals surface area contributed by atoms with Crippen molar-refractivity contribution in [2.24, 2.45) is 0 Å². The first-order valence-corrected chi connectivity index (χ1v) is 10.2. The summed E-state index contributed by atoms with van der Waals surface area (Å²) in [6.07, 6.45) is 9.38. The predicted molar refractivity (Wildman–Crippen MR) is 101 cm³/mol. The molecule has 0 spiro atoms. The molecule has 2 aliphatic rings. The minimum atomic E-state index is -0.334. The van der Waals surface area contributed by atoms with Crippen molar-refractivity contribution in [3.8, 4) is 5.69 Å². The van der Waals surface area contributed by atoms with Crippen LogP contribution in [0.3, 0.4) is 0 Å². The Hall–Kier alpha value is -2.28. The van der Waals surface area contributed by atoms with Gasteiger partial charge >= 0.3 is 0 Å². The van der Waals surface area contributed by atoms with Crippen LogP contribution in [0.15, 0.2) is 41.8 Å². The number of hydrogen-bond donors (Lipinski definition) is 1. The molecule has 4 rings (SSSR count). The zero-order chi connectivity index (χ0) is 18.1. The molecule has 1 saturated heterocycles. The van der Waals surface area contributed by atoms with E-state index in [0.29, 0.717) is 18.2 Å². The number of benzene rings is 1. The molecule has 26 heavy (non-hydrogen) atoms. The maximum atomic E-state index is 12.9. The molecule has 1 unspecified atom stereocenters. The summed E-state index contributed by atoms with van der Waals surface area (Å²) in [5.41, 5.74) is 1.58. The second kappa shape index (κ2) is 7.15. The van der Waals surface area contributed by atoms with E-state index < -0.39 is 0 Å². The van der Waals surface area contributed by atoms with Gasteiger partial charge in [-0.3, -0.25) is 14.2 Å². The van der Waals surface area contributed by atoms with Crippen molar-refractivity contribution in [1.82, 2.24) is 19.8 Å². The topological polar surface area (TPSA) is 67.2 Å². The van der Waals surface area contributed by atoms with E-state index in [2.05, 4.69) is 10.3 Å². The minimum Gasteiger partial charge on any atom is -0.352 e. The van der Waals surface area contributed by atoms with Gasteiger partial charge in [0.05, 0.1) is 0 Å². The Morgan fingerprint density at radius 1 is 1.19 bits per heavy atom. The average molecular weight is 370 g/mol. The Bertz CT molecular complexity index is 813. The van der Waals surface area contributed by atoms with Crippen LogP contribution in [0.2, 0.25) is 0 Å². The molecule has 2 fully saturated rings. The fourth-order valence-corrected chi connectivity index (χ4v) is 3.90. The zero-order valence-electron chi connectivity index (χ0n) is 14.7. The molecule has 7 heteroatoms. The van der Waals surface area contributed by atoms with E-state index in [-0.39, 0.29) is 17.9 Å². The van der Waals surface area contributed by atoms with Gasteiger partial charge < -0.3 is 10.2 Å². The van der Waals surface area contributed by atoms with Gasteiger partial charge in [0.2, 0.25) is 5.91 Å². The average Bonchev–Trinajstić information content (AvgIpc) is 3.16. The second-order valence-corrected chi connectivity index (χ2v) is 7.54.